The van der Waals surface area contributed by atoms with Crippen LogP contribution in [0.1, 0.15) is 10.4 Å². The van der Waals surface area contributed by atoms with Crippen LogP contribution in [0.4, 0.5) is 5.95 Å². The predicted molar refractivity (Wildman–Crippen MR) is 80.7 cm³/mol. The quantitative estimate of drug-likeness (QED) is 0.884. The molecule has 1 heterocycles. The van der Waals surface area contributed by atoms with Crippen LogP contribution in [-0.4, -0.2) is 23.0 Å². The number of rotatable bonds is 3. The molecule has 0 saturated carbocycles. The number of anilines is 1. The van der Waals surface area contributed by atoms with Crippen molar-refractivity contribution in [2.45, 2.75) is 0 Å². The molecule has 0 fully saturated rings. The average molecular weight is 377 g/mol. The first kappa shape index (κ1) is 15.0. The van der Waals surface area contributed by atoms with Crippen LogP contribution in [0.5, 0.6) is 5.75 Å². The highest BCUT2D eigenvalue weighted by Crippen LogP contribution is 2.34. The van der Waals surface area contributed by atoms with E-state index in [1.54, 1.807) is 6.07 Å². The van der Waals surface area contributed by atoms with Crippen molar-refractivity contribution in [2.75, 3.05) is 12.4 Å². The lowest BCUT2D eigenvalue weighted by molar-refractivity contribution is 0.102. The fourth-order valence-electron chi connectivity index (χ4n) is 1.49. The standard InChI is InChI=1S/C12H8BrCl2N3O2/c1-20-10-8(15)3-2-7(14)9(10)11(19)18-12-16-4-6(13)5-17-12/h2-5H,1H3,(H,16,17,18,19). The summed E-state index contributed by atoms with van der Waals surface area (Å²) >= 11 is 15.2. The number of nitrogens with zero attached hydrogens (tertiary/aromatic N) is 2. The molecule has 1 aromatic carbocycles. The minimum absolute atomic E-state index is 0.133. The van der Waals surface area contributed by atoms with Gasteiger partial charge in [0, 0.05) is 12.4 Å². The number of nitrogens with one attached hydrogen (secondary N) is 1. The van der Waals surface area contributed by atoms with Gasteiger partial charge in [0.1, 0.15) is 5.56 Å². The second kappa shape index (κ2) is 6.39. The number of hydrogen-bond donors (Lipinski definition) is 1. The third-order valence-electron chi connectivity index (χ3n) is 2.34. The van der Waals surface area contributed by atoms with E-state index in [-0.39, 0.29) is 22.3 Å². The summed E-state index contributed by atoms with van der Waals surface area (Å²) in [6, 6.07) is 3.07. The zero-order valence-corrected chi connectivity index (χ0v) is 13.3. The highest BCUT2D eigenvalue weighted by atomic mass is 79.9. The number of amides is 1. The molecule has 104 valence electrons. The number of carbonyl (C=O) groups excluding carboxylic acids is 1. The summed E-state index contributed by atoms with van der Waals surface area (Å²) in [5.41, 5.74) is 0.133. The van der Waals surface area contributed by atoms with Gasteiger partial charge < -0.3 is 4.74 Å². The van der Waals surface area contributed by atoms with E-state index in [9.17, 15) is 4.79 Å². The molecule has 0 radical (unpaired) electrons. The zero-order chi connectivity index (χ0) is 14.7. The number of hydrogen-bond acceptors (Lipinski definition) is 4. The summed E-state index contributed by atoms with van der Waals surface area (Å²) in [6.07, 6.45) is 3.03. The Morgan fingerprint density at radius 3 is 2.45 bits per heavy atom. The maximum absolute atomic E-state index is 12.2. The van der Waals surface area contributed by atoms with Gasteiger partial charge in [-0.3, -0.25) is 10.1 Å². The van der Waals surface area contributed by atoms with Gasteiger partial charge in [-0.1, -0.05) is 23.2 Å². The highest BCUT2D eigenvalue weighted by molar-refractivity contribution is 9.10. The number of benzene rings is 1. The van der Waals surface area contributed by atoms with Crippen LogP contribution in [0.15, 0.2) is 29.0 Å². The summed E-state index contributed by atoms with van der Waals surface area (Å²) in [5, 5.41) is 3.04. The van der Waals surface area contributed by atoms with E-state index >= 15 is 0 Å². The second-order valence-electron chi connectivity index (χ2n) is 3.62. The third-order valence-corrected chi connectivity index (χ3v) is 3.36. The summed E-state index contributed by atoms with van der Waals surface area (Å²) < 4.78 is 5.81. The monoisotopic (exact) mass is 375 g/mol. The molecular weight excluding hydrogens is 369 g/mol. The van der Waals surface area contributed by atoms with Crippen molar-refractivity contribution < 1.29 is 9.53 Å². The Bertz CT molecular complexity index is 650. The van der Waals surface area contributed by atoms with Crippen molar-refractivity contribution in [1.29, 1.82) is 0 Å². The smallest absolute Gasteiger partial charge is 0.263 e. The van der Waals surface area contributed by atoms with Crippen molar-refractivity contribution in [1.82, 2.24) is 9.97 Å². The molecule has 0 saturated heterocycles. The molecule has 0 bridgehead atoms. The Balaban J connectivity index is 2.34. The minimum Gasteiger partial charge on any atom is -0.494 e. The number of methoxy groups -OCH3 is 1. The van der Waals surface area contributed by atoms with Crippen molar-refractivity contribution in [3.63, 3.8) is 0 Å². The summed E-state index contributed by atoms with van der Waals surface area (Å²) in [5.74, 6) is -0.151. The molecule has 0 unspecified atom stereocenters. The Hall–Kier alpha value is -1.37. The van der Waals surface area contributed by atoms with Gasteiger partial charge in [-0.25, -0.2) is 9.97 Å². The fourth-order valence-corrected chi connectivity index (χ4v) is 2.16. The van der Waals surface area contributed by atoms with Crippen molar-refractivity contribution in [2.24, 2.45) is 0 Å². The molecule has 2 aromatic rings. The molecular formula is C12H8BrCl2N3O2. The first-order valence-corrected chi connectivity index (χ1v) is 6.88. The Labute approximate surface area is 133 Å². The van der Waals surface area contributed by atoms with Gasteiger partial charge in [0.05, 0.1) is 21.6 Å². The van der Waals surface area contributed by atoms with Gasteiger partial charge >= 0.3 is 0 Å². The van der Waals surface area contributed by atoms with E-state index in [0.717, 1.165) is 0 Å². The van der Waals surface area contributed by atoms with Crippen molar-refractivity contribution >= 4 is 51.0 Å². The van der Waals surface area contributed by atoms with Gasteiger partial charge in [0.15, 0.2) is 5.75 Å². The summed E-state index contributed by atoms with van der Waals surface area (Å²) in [4.78, 5) is 20.1. The van der Waals surface area contributed by atoms with Crippen molar-refractivity contribution in [3.05, 3.63) is 44.6 Å². The van der Waals surface area contributed by atoms with E-state index in [0.29, 0.717) is 9.50 Å². The molecule has 8 heteroatoms. The van der Waals surface area contributed by atoms with Crippen LogP contribution < -0.4 is 10.1 Å². The fraction of sp³-hybridized carbons (Fsp3) is 0.0833. The largest absolute Gasteiger partial charge is 0.494 e. The number of halogens is 3. The van der Waals surface area contributed by atoms with Crippen LogP contribution >= 0.6 is 39.1 Å². The first-order chi connectivity index (χ1) is 9.52. The highest BCUT2D eigenvalue weighted by Gasteiger charge is 2.20. The normalized spacial score (nSPS) is 10.2. The summed E-state index contributed by atoms with van der Waals surface area (Å²) in [6.45, 7) is 0. The predicted octanol–water partition coefficient (Wildman–Crippen LogP) is 3.81. The summed E-state index contributed by atoms with van der Waals surface area (Å²) in [7, 11) is 1.41. The van der Waals surface area contributed by atoms with Gasteiger partial charge in [0.25, 0.3) is 5.91 Å². The topological polar surface area (TPSA) is 64.1 Å². The van der Waals surface area contributed by atoms with Gasteiger partial charge in [-0.05, 0) is 28.1 Å². The van der Waals surface area contributed by atoms with Gasteiger partial charge in [-0.15, -0.1) is 0 Å². The molecule has 5 nitrogen and oxygen atoms in total. The molecule has 2 rings (SSSR count). The van der Waals surface area contributed by atoms with Crippen LogP contribution in [0, 0.1) is 0 Å². The lowest BCUT2D eigenvalue weighted by Crippen LogP contribution is -2.16. The molecule has 1 N–H and O–H groups in total. The van der Waals surface area contributed by atoms with E-state index < -0.39 is 5.91 Å². The van der Waals surface area contributed by atoms with Crippen LogP contribution in [0.3, 0.4) is 0 Å². The third kappa shape index (κ3) is 3.20. The molecule has 1 aromatic heterocycles. The second-order valence-corrected chi connectivity index (χ2v) is 5.35. The SMILES string of the molecule is COc1c(Cl)ccc(Cl)c1C(=O)Nc1ncc(Br)cn1. The molecule has 0 atom stereocenters. The lowest BCUT2D eigenvalue weighted by atomic mass is 10.2. The van der Waals surface area contributed by atoms with Gasteiger partial charge in [0.2, 0.25) is 5.95 Å². The van der Waals surface area contributed by atoms with E-state index in [1.807, 2.05) is 0 Å². The Morgan fingerprint density at radius 2 is 1.85 bits per heavy atom. The molecule has 0 aliphatic heterocycles. The lowest BCUT2D eigenvalue weighted by Gasteiger charge is -2.11. The van der Waals surface area contributed by atoms with Crippen LogP contribution in [0.2, 0.25) is 10.0 Å². The van der Waals surface area contributed by atoms with E-state index in [2.05, 4.69) is 31.2 Å². The number of ether oxygens (including phenoxy) is 1. The molecule has 20 heavy (non-hydrogen) atoms. The first-order valence-electron chi connectivity index (χ1n) is 5.34. The number of aromatic nitrogens is 2. The molecule has 0 spiro atoms. The zero-order valence-electron chi connectivity index (χ0n) is 10.2. The minimum atomic E-state index is -0.503. The average Bonchev–Trinajstić information content (AvgIpc) is 2.43. The maximum atomic E-state index is 12.2. The molecule has 0 aliphatic carbocycles. The van der Waals surface area contributed by atoms with E-state index in [1.165, 1.54) is 25.6 Å². The number of carbonyl (C=O) groups is 1. The maximum Gasteiger partial charge on any atom is 0.263 e. The Kier molecular flexibility index (Phi) is 4.80. The molecule has 0 aliphatic rings. The van der Waals surface area contributed by atoms with Crippen LogP contribution in [-0.2, 0) is 0 Å². The Morgan fingerprint density at radius 1 is 1.25 bits per heavy atom. The van der Waals surface area contributed by atoms with E-state index in [4.69, 9.17) is 27.9 Å². The van der Waals surface area contributed by atoms with Crippen LogP contribution in [0.25, 0.3) is 0 Å². The van der Waals surface area contributed by atoms with Gasteiger partial charge in [-0.2, -0.15) is 0 Å². The molecule has 1 amide bonds. The van der Waals surface area contributed by atoms with Crippen molar-refractivity contribution in [3.8, 4) is 5.75 Å².